The van der Waals surface area contributed by atoms with Gasteiger partial charge in [-0.05, 0) is 24.5 Å². The highest BCUT2D eigenvalue weighted by molar-refractivity contribution is 5.93. The molecular weight excluding hydrogens is 216 g/mol. The Hall–Kier alpha value is -1.77. The summed E-state index contributed by atoms with van der Waals surface area (Å²) in [7, 11) is 1.63. The third kappa shape index (κ3) is 2.05. The normalized spacial score (nSPS) is 11.1. The van der Waals surface area contributed by atoms with Gasteiger partial charge in [0.1, 0.15) is 11.3 Å². The molecule has 3 nitrogen and oxygen atoms in total. The van der Waals surface area contributed by atoms with Gasteiger partial charge in [-0.2, -0.15) is 0 Å². The molecule has 2 rings (SSSR count). The molecule has 0 aliphatic carbocycles. The van der Waals surface area contributed by atoms with E-state index in [0.717, 1.165) is 29.4 Å². The topological polar surface area (TPSA) is 39.4 Å². The molecule has 0 N–H and O–H groups in total. The van der Waals surface area contributed by atoms with Crippen molar-refractivity contribution in [2.45, 2.75) is 20.3 Å². The lowest BCUT2D eigenvalue weighted by Gasteiger charge is -2.06. The molecule has 0 aliphatic rings. The minimum absolute atomic E-state index is 0.415. The van der Waals surface area contributed by atoms with Gasteiger partial charge in [-0.3, -0.25) is 4.79 Å². The first kappa shape index (κ1) is 11.7. The third-order valence-electron chi connectivity index (χ3n) is 2.75. The van der Waals surface area contributed by atoms with Crippen LogP contribution in [0.15, 0.2) is 22.6 Å². The van der Waals surface area contributed by atoms with Crippen LogP contribution in [0.1, 0.15) is 30.0 Å². The average molecular weight is 232 g/mol. The Morgan fingerprint density at radius 3 is 2.76 bits per heavy atom. The lowest BCUT2D eigenvalue weighted by atomic mass is 9.99. The second kappa shape index (κ2) is 4.62. The van der Waals surface area contributed by atoms with Crippen LogP contribution in [0, 0.1) is 5.92 Å². The number of benzene rings is 1. The van der Waals surface area contributed by atoms with Crippen molar-refractivity contribution < 1.29 is 13.9 Å². The molecule has 0 saturated heterocycles. The van der Waals surface area contributed by atoms with Crippen molar-refractivity contribution in [3.8, 4) is 5.75 Å². The molecule has 0 unspecified atom stereocenters. The number of fused-ring (bicyclic) bond motifs is 1. The number of aldehydes is 1. The van der Waals surface area contributed by atoms with Gasteiger partial charge in [-0.25, -0.2) is 0 Å². The van der Waals surface area contributed by atoms with E-state index >= 15 is 0 Å². The van der Waals surface area contributed by atoms with Crippen molar-refractivity contribution in [1.29, 1.82) is 0 Å². The number of carbonyl (C=O) groups excluding carboxylic acids is 1. The second-order valence-electron chi connectivity index (χ2n) is 4.49. The van der Waals surface area contributed by atoms with Crippen LogP contribution in [0.25, 0.3) is 11.0 Å². The van der Waals surface area contributed by atoms with Gasteiger partial charge in [-0.1, -0.05) is 19.9 Å². The van der Waals surface area contributed by atoms with Crippen molar-refractivity contribution >= 4 is 17.3 Å². The van der Waals surface area contributed by atoms with Gasteiger partial charge >= 0.3 is 0 Å². The molecule has 0 saturated carbocycles. The van der Waals surface area contributed by atoms with E-state index in [1.165, 1.54) is 0 Å². The zero-order valence-electron chi connectivity index (χ0n) is 10.3. The Bertz CT molecular complexity index is 538. The molecular formula is C14H16O3. The molecule has 2 aromatic rings. The molecule has 0 aliphatic heterocycles. The molecule has 0 radical (unpaired) electrons. The zero-order chi connectivity index (χ0) is 12.4. The summed E-state index contributed by atoms with van der Waals surface area (Å²) in [5, 5.41) is 0.922. The van der Waals surface area contributed by atoms with Gasteiger partial charge in [0, 0.05) is 5.56 Å². The molecule has 0 bridgehead atoms. The standard InChI is InChI=1S/C14H16O3/c1-9(2)7-10-13(8-15)17-12-6-4-5-11(16-3)14(10)12/h4-6,8-9H,7H2,1-3H3. The second-order valence-corrected chi connectivity index (χ2v) is 4.49. The Morgan fingerprint density at radius 2 is 2.18 bits per heavy atom. The van der Waals surface area contributed by atoms with E-state index in [1.807, 2.05) is 18.2 Å². The van der Waals surface area contributed by atoms with Gasteiger partial charge in [0.25, 0.3) is 0 Å². The molecule has 3 heteroatoms. The number of rotatable bonds is 4. The first-order valence-corrected chi connectivity index (χ1v) is 5.71. The number of methoxy groups -OCH3 is 1. The largest absolute Gasteiger partial charge is 0.496 e. The predicted molar refractivity (Wildman–Crippen MR) is 66.7 cm³/mol. The summed E-state index contributed by atoms with van der Waals surface area (Å²) >= 11 is 0. The summed E-state index contributed by atoms with van der Waals surface area (Å²) in [4.78, 5) is 11.0. The van der Waals surface area contributed by atoms with Gasteiger partial charge in [-0.15, -0.1) is 0 Å². The van der Waals surface area contributed by atoms with Gasteiger partial charge in [0.05, 0.1) is 12.5 Å². The fourth-order valence-corrected chi connectivity index (χ4v) is 2.07. The molecule has 1 heterocycles. The van der Waals surface area contributed by atoms with Crippen LogP contribution < -0.4 is 4.74 Å². The Morgan fingerprint density at radius 1 is 1.41 bits per heavy atom. The van der Waals surface area contributed by atoms with Crippen LogP contribution in [0.4, 0.5) is 0 Å². The summed E-state index contributed by atoms with van der Waals surface area (Å²) < 4.78 is 10.9. The molecule has 17 heavy (non-hydrogen) atoms. The fraction of sp³-hybridized carbons (Fsp3) is 0.357. The van der Waals surface area contributed by atoms with Crippen LogP contribution >= 0.6 is 0 Å². The Balaban J connectivity index is 2.71. The van der Waals surface area contributed by atoms with E-state index in [4.69, 9.17) is 9.15 Å². The molecule has 1 aromatic heterocycles. The lowest BCUT2D eigenvalue weighted by molar-refractivity contribution is 0.110. The number of hydrogen-bond donors (Lipinski definition) is 0. The Labute approximate surface area is 100 Å². The molecule has 1 aromatic carbocycles. The molecule has 0 amide bonds. The quantitative estimate of drug-likeness (QED) is 0.758. The van der Waals surface area contributed by atoms with E-state index < -0.39 is 0 Å². The summed E-state index contributed by atoms with van der Waals surface area (Å²) in [5.41, 5.74) is 1.66. The van der Waals surface area contributed by atoms with Crippen LogP contribution in [-0.4, -0.2) is 13.4 Å². The van der Waals surface area contributed by atoms with Crippen molar-refractivity contribution in [1.82, 2.24) is 0 Å². The van der Waals surface area contributed by atoms with E-state index in [-0.39, 0.29) is 0 Å². The van der Waals surface area contributed by atoms with Crippen molar-refractivity contribution in [2.24, 2.45) is 5.92 Å². The molecule has 0 atom stereocenters. The zero-order valence-corrected chi connectivity index (χ0v) is 10.3. The van der Waals surface area contributed by atoms with Crippen LogP contribution in [0.2, 0.25) is 0 Å². The lowest BCUT2D eigenvalue weighted by Crippen LogP contribution is -1.97. The van der Waals surface area contributed by atoms with Gasteiger partial charge in [0.15, 0.2) is 12.0 Å². The summed E-state index contributed by atoms with van der Waals surface area (Å²) in [5.74, 6) is 1.63. The highest BCUT2D eigenvalue weighted by Crippen LogP contribution is 2.34. The number of hydrogen-bond acceptors (Lipinski definition) is 3. The average Bonchev–Trinajstić information content (AvgIpc) is 2.66. The van der Waals surface area contributed by atoms with Crippen LogP contribution in [0.5, 0.6) is 5.75 Å². The predicted octanol–water partition coefficient (Wildman–Crippen LogP) is 3.45. The number of carbonyl (C=O) groups is 1. The van der Waals surface area contributed by atoms with Crippen LogP contribution in [0.3, 0.4) is 0 Å². The highest BCUT2D eigenvalue weighted by atomic mass is 16.5. The number of furan rings is 1. The van der Waals surface area contributed by atoms with E-state index in [2.05, 4.69) is 13.8 Å². The third-order valence-corrected chi connectivity index (χ3v) is 2.75. The SMILES string of the molecule is COc1cccc2oc(C=O)c(CC(C)C)c12. The maximum atomic E-state index is 11.0. The van der Waals surface area contributed by atoms with E-state index in [9.17, 15) is 4.79 Å². The molecule has 90 valence electrons. The maximum absolute atomic E-state index is 11.0. The first-order valence-electron chi connectivity index (χ1n) is 5.71. The van der Waals surface area contributed by atoms with Crippen LogP contribution in [-0.2, 0) is 6.42 Å². The smallest absolute Gasteiger partial charge is 0.185 e. The van der Waals surface area contributed by atoms with E-state index in [0.29, 0.717) is 17.3 Å². The van der Waals surface area contributed by atoms with Gasteiger partial charge in [0.2, 0.25) is 0 Å². The highest BCUT2D eigenvalue weighted by Gasteiger charge is 2.17. The molecule has 0 spiro atoms. The Kier molecular flexibility index (Phi) is 3.18. The van der Waals surface area contributed by atoms with E-state index in [1.54, 1.807) is 7.11 Å². The molecule has 0 fully saturated rings. The number of ether oxygens (including phenoxy) is 1. The maximum Gasteiger partial charge on any atom is 0.185 e. The summed E-state index contributed by atoms with van der Waals surface area (Å²) in [6.07, 6.45) is 1.58. The summed E-state index contributed by atoms with van der Waals surface area (Å²) in [6, 6.07) is 5.60. The monoisotopic (exact) mass is 232 g/mol. The van der Waals surface area contributed by atoms with Crippen molar-refractivity contribution in [3.05, 3.63) is 29.5 Å². The minimum Gasteiger partial charge on any atom is -0.496 e. The van der Waals surface area contributed by atoms with Crippen molar-refractivity contribution in [2.75, 3.05) is 7.11 Å². The first-order chi connectivity index (χ1) is 8.17. The fourth-order valence-electron chi connectivity index (χ4n) is 2.07. The van der Waals surface area contributed by atoms with Crippen molar-refractivity contribution in [3.63, 3.8) is 0 Å². The minimum atomic E-state index is 0.415. The van der Waals surface area contributed by atoms with Gasteiger partial charge < -0.3 is 9.15 Å². The summed E-state index contributed by atoms with van der Waals surface area (Å²) in [6.45, 7) is 4.23.